The number of Topliss-reactive ketones (excluding diaryl/α,β-unsaturated/α-hetero) is 1. The molecule has 0 spiro atoms. The summed E-state index contributed by atoms with van der Waals surface area (Å²) in [4.78, 5) is 45.7. The molecule has 208 valence electrons. The summed E-state index contributed by atoms with van der Waals surface area (Å²) in [5.74, 6) is 1.94. The maximum absolute atomic E-state index is 13.3. The highest BCUT2D eigenvalue weighted by Crippen LogP contribution is 2.28. The fraction of sp³-hybridized carbons (Fsp3) is 0.500. The van der Waals surface area contributed by atoms with Crippen molar-refractivity contribution in [2.24, 2.45) is 5.92 Å². The van der Waals surface area contributed by atoms with E-state index in [4.69, 9.17) is 0 Å². The van der Waals surface area contributed by atoms with Crippen molar-refractivity contribution < 1.29 is 18.8 Å². The van der Waals surface area contributed by atoms with Gasteiger partial charge >= 0.3 is 0 Å². The normalized spacial score (nSPS) is 19.6. The number of halogens is 1. The molecule has 0 bridgehead atoms. The molecule has 1 N–H and O–H groups in total. The highest BCUT2D eigenvalue weighted by molar-refractivity contribution is 7.99. The van der Waals surface area contributed by atoms with Crippen molar-refractivity contribution in [1.29, 1.82) is 0 Å². The molecule has 39 heavy (non-hydrogen) atoms. The van der Waals surface area contributed by atoms with E-state index in [1.807, 2.05) is 11.8 Å². The van der Waals surface area contributed by atoms with E-state index in [1.54, 1.807) is 34.1 Å². The minimum atomic E-state index is -0.568. The van der Waals surface area contributed by atoms with Crippen LogP contribution in [0.25, 0.3) is 5.65 Å². The molecule has 1 saturated heterocycles. The highest BCUT2D eigenvalue weighted by Gasteiger charge is 2.29. The van der Waals surface area contributed by atoms with Crippen LogP contribution >= 0.6 is 11.8 Å². The topological polar surface area (TPSA) is 110 Å². The van der Waals surface area contributed by atoms with Crippen molar-refractivity contribution in [2.45, 2.75) is 71.4 Å². The van der Waals surface area contributed by atoms with Gasteiger partial charge in [0.2, 0.25) is 5.91 Å². The summed E-state index contributed by atoms with van der Waals surface area (Å²) in [7, 11) is 0. The number of hydrogen-bond acceptors (Lipinski definition) is 7. The quantitative estimate of drug-likeness (QED) is 0.455. The third kappa shape index (κ3) is 7.20. The van der Waals surface area contributed by atoms with Gasteiger partial charge < -0.3 is 5.32 Å². The Hall–Kier alpha value is -3.34. The van der Waals surface area contributed by atoms with Crippen LogP contribution in [0.15, 0.2) is 36.9 Å². The van der Waals surface area contributed by atoms with Crippen molar-refractivity contribution in [2.75, 3.05) is 16.4 Å². The zero-order valence-corrected chi connectivity index (χ0v) is 23.4. The van der Waals surface area contributed by atoms with E-state index in [-0.39, 0.29) is 35.0 Å². The fourth-order valence-corrected chi connectivity index (χ4v) is 6.14. The number of nitrogens with zero attached hydrogens (tertiary/aromatic N) is 5. The molecule has 3 aromatic heterocycles. The Bertz CT molecular complexity index is 1320. The van der Waals surface area contributed by atoms with Gasteiger partial charge in [0.15, 0.2) is 11.4 Å². The van der Waals surface area contributed by atoms with Crippen molar-refractivity contribution in [1.82, 2.24) is 24.9 Å². The second kappa shape index (κ2) is 13.1. The Morgan fingerprint density at radius 2 is 1.74 bits per heavy atom. The first-order valence-corrected chi connectivity index (χ1v) is 14.5. The molecular formula is C28H35FN6O3S. The summed E-state index contributed by atoms with van der Waals surface area (Å²) in [6.45, 7) is 5.08. The van der Waals surface area contributed by atoms with Crippen LogP contribution < -0.4 is 10.2 Å². The van der Waals surface area contributed by atoms with E-state index in [2.05, 4.69) is 27.3 Å². The number of anilines is 1. The summed E-state index contributed by atoms with van der Waals surface area (Å²) in [5.41, 5.74) is 1.34. The van der Waals surface area contributed by atoms with E-state index >= 15 is 0 Å². The Balaban J connectivity index is 0.000000181. The van der Waals surface area contributed by atoms with Gasteiger partial charge in [-0.05, 0) is 75.0 Å². The number of carbonyl (C=O) groups excluding carboxylic acids is 3. The highest BCUT2D eigenvalue weighted by atomic mass is 32.2. The van der Waals surface area contributed by atoms with Crippen LogP contribution in [-0.2, 0) is 4.79 Å². The molecule has 2 amide bonds. The number of rotatable bonds is 5. The van der Waals surface area contributed by atoms with Crippen molar-refractivity contribution in [3.8, 4) is 0 Å². The lowest BCUT2D eigenvalue weighted by atomic mass is 9.87. The molecule has 11 heteroatoms. The van der Waals surface area contributed by atoms with Gasteiger partial charge in [0.1, 0.15) is 17.2 Å². The van der Waals surface area contributed by atoms with Crippen molar-refractivity contribution in [3.05, 3.63) is 53.9 Å². The van der Waals surface area contributed by atoms with Crippen LogP contribution in [0.3, 0.4) is 0 Å². The van der Waals surface area contributed by atoms with Crippen molar-refractivity contribution >= 4 is 40.8 Å². The van der Waals surface area contributed by atoms with E-state index in [9.17, 15) is 18.8 Å². The van der Waals surface area contributed by atoms with Crippen LogP contribution in [0.2, 0.25) is 0 Å². The molecule has 9 nitrogen and oxygen atoms in total. The standard InChI is InChI=1S/C14H17FN2O2S.C14H18N4O/c1-9(18)13-7-11(15)8-16-14(13)17(10(2)19)12-3-5-20-6-4-12;1-10-3-5-11(6-4-10)17-14(19)12-9-16-18-8-2-7-15-13(12)18/h7-8,12H,3-6H2,1-2H3;2,7-11H,3-6H2,1H3,(H,17,19). The molecule has 2 aliphatic rings. The van der Waals surface area contributed by atoms with Gasteiger partial charge in [-0.25, -0.2) is 18.9 Å². The molecule has 3 aromatic rings. The monoisotopic (exact) mass is 554 g/mol. The number of aromatic nitrogens is 4. The van der Waals surface area contributed by atoms with Crippen LogP contribution in [-0.4, -0.2) is 60.8 Å². The summed E-state index contributed by atoms with van der Waals surface area (Å²) in [6, 6.07) is 3.27. The number of amides is 2. The number of thioether (sulfide) groups is 1. The Kier molecular flexibility index (Phi) is 9.66. The average Bonchev–Trinajstić information content (AvgIpc) is 3.36. The van der Waals surface area contributed by atoms with E-state index in [0.29, 0.717) is 17.3 Å². The second-order valence-electron chi connectivity index (χ2n) is 10.2. The summed E-state index contributed by atoms with van der Waals surface area (Å²) in [5, 5.41) is 7.24. The number of carbonyl (C=O) groups is 3. The molecule has 1 aliphatic heterocycles. The molecular weight excluding hydrogens is 519 g/mol. The first kappa shape index (κ1) is 28.7. The smallest absolute Gasteiger partial charge is 0.256 e. The maximum atomic E-state index is 13.3. The van der Waals surface area contributed by atoms with Crippen molar-refractivity contribution in [3.63, 3.8) is 0 Å². The number of nitrogens with one attached hydrogen (secondary N) is 1. The Labute approximate surface area is 232 Å². The minimum Gasteiger partial charge on any atom is -0.349 e. The van der Waals surface area contributed by atoms with Gasteiger partial charge in [0.05, 0.1) is 18.0 Å². The molecule has 4 heterocycles. The maximum Gasteiger partial charge on any atom is 0.256 e. The molecule has 5 rings (SSSR count). The zero-order valence-electron chi connectivity index (χ0n) is 22.6. The molecule has 0 atom stereocenters. The Morgan fingerprint density at radius 3 is 2.41 bits per heavy atom. The van der Waals surface area contributed by atoms with Gasteiger partial charge in [0, 0.05) is 31.4 Å². The van der Waals surface area contributed by atoms with Gasteiger partial charge in [-0.1, -0.05) is 6.92 Å². The summed E-state index contributed by atoms with van der Waals surface area (Å²) >= 11 is 1.85. The van der Waals surface area contributed by atoms with Crippen LogP contribution in [0.1, 0.15) is 80.0 Å². The van der Waals surface area contributed by atoms with E-state index in [1.165, 1.54) is 26.7 Å². The summed E-state index contributed by atoms with van der Waals surface area (Å²) in [6.07, 6.45) is 12.4. The SMILES string of the molecule is CC(=O)c1cc(F)cnc1N(C(C)=O)C1CCSCC1.CC1CCC(NC(=O)c2cnn3cccnc23)CC1. The van der Waals surface area contributed by atoms with Gasteiger partial charge in [-0.3, -0.25) is 19.3 Å². The largest absolute Gasteiger partial charge is 0.349 e. The van der Waals surface area contributed by atoms with Gasteiger partial charge in [-0.2, -0.15) is 16.9 Å². The number of pyridine rings is 1. The van der Waals surface area contributed by atoms with E-state index < -0.39 is 5.82 Å². The van der Waals surface area contributed by atoms with Crippen LogP contribution in [0.5, 0.6) is 0 Å². The first-order valence-electron chi connectivity index (χ1n) is 13.4. The van der Waals surface area contributed by atoms with Crippen LogP contribution in [0, 0.1) is 11.7 Å². The lowest BCUT2D eigenvalue weighted by molar-refractivity contribution is -0.117. The summed E-state index contributed by atoms with van der Waals surface area (Å²) < 4.78 is 14.9. The number of ketones is 1. The third-order valence-electron chi connectivity index (χ3n) is 7.21. The molecule has 0 radical (unpaired) electrons. The molecule has 1 saturated carbocycles. The lowest BCUT2D eigenvalue weighted by Gasteiger charge is -2.33. The second-order valence-corrected chi connectivity index (χ2v) is 11.4. The fourth-order valence-electron chi connectivity index (χ4n) is 5.06. The first-order chi connectivity index (χ1) is 18.7. The molecule has 2 fully saturated rings. The average molecular weight is 555 g/mol. The lowest BCUT2D eigenvalue weighted by Crippen LogP contribution is -2.42. The van der Waals surface area contributed by atoms with Gasteiger partial charge in [0.25, 0.3) is 5.91 Å². The number of fused-ring (bicyclic) bond motifs is 1. The minimum absolute atomic E-state index is 0.0322. The van der Waals surface area contributed by atoms with Gasteiger partial charge in [-0.15, -0.1) is 0 Å². The number of hydrogen-bond donors (Lipinski definition) is 1. The third-order valence-corrected chi connectivity index (χ3v) is 8.26. The molecule has 0 aromatic carbocycles. The Morgan fingerprint density at radius 1 is 1.03 bits per heavy atom. The molecule has 0 unspecified atom stereocenters. The predicted molar refractivity (Wildman–Crippen MR) is 150 cm³/mol. The van der Waals surface area contributed by atoms with E-state index in [0.717, 1.165) is 55.4 Å². The predicted octanol–water partition coefficient (Wildman–Crippen LogP) is 4.71. The zero-order chi connectivity index (χ0) is 27.9. The molecule has 1 aliphatic carbocycles. The van der Waals surface area contributed by atoms with Crippen LogP contribution in [0.4, 0.5) is 10.2 Å².